The van der Waals surface area contributed by atoms with E-state index in [-0.39, 0.29) is 11.9 Å². The average Bonchev–Trinajstić information content (AvgIpc) is 2.91. The molecule has 3 N–H and O–H groups in total. The highest BCUT2D eigenvalue weighted by Gasteiger charge is 2.40. The summed E-state index contributed by atoms with van der Waals surface area (Å²) >= 11 is 1.80. The van der Waals surface area contributed by atoms with Gasteiger partial charge in [-0.1, -0.05) is 18.2 Å². The van der Waals surface area contributed by atoms with E-state index in [0.717, 1.165) is 18.6 Å². The van der Waals surface area contributed by atoms with Crippen LogP contribution in [0.4, 0.5) is 0 Å². The van der Waals surface area contributed by atoms with Crippen LogP contribution in [0.15, 0.2) is 29.2 Å². The summed E-state index contributed by atoms with van der Waals surface area (Å²) in [5.41, 5.74) is 6.67. The van der Waals surface area contributed by atoms with Crippen LogP contribution in [0.1, 0.15) is 24.4 Å². The summed E-state index contributed by atoms with van der Waals surface area (Å²) in [6.45, 7) is 1.64. The fourth-order valence-corrected chi connectivity index (χ4v) is 4.04. The lowest BCUT2D eigenvalue weighted by Gasteiger charge is -2.35. The Hall–Kier alpha value is -1.04. The first kappa shape index (κ1) is 13.9. The van der Waals surface area contributed by atoms with Gasteiger partial charge in [0.2, 0.25) is 5.91 Å². The number of thioether (sulfide) groups is 1. The fourth-order valence-electron chi connectivity index (χ4n) is 2.88. The average molecular weight is 292 g/mol. The third kappa shape index (κ3) is 2.45. The zero-order valence-electron chi connectivity index (χ0n) is 11.4. The first-order valence-corrected chi connectivity index (χ1v) is 8.04. The quantitative estimate of drug-likeness (QED) is 0.890. The van der Waals surface area contributed by atoms with E-state index in [1.165, 1.54) is 10.5 Å². The third-order valence-corrected chi connectivity index (χ3v) is 5.51. The molecule has 1 unspecified atom stereocenters. The van der Waals surface area contributed by atoms with Gasteiger partial charge in [-0.15, -0.1) is 11.8 Å². The number of rotatable bonds is 3. The molecule has 3 rings (SSSR count). The lowest BCUT2D eigenvalue weighted by molar-refractivity contribution is -0.136. The number of amides is 1. The van der Waals surface area contributed by atoms with Gasteiger partial charge in [0.25, 0.3) is 0 Å². The first-order valence-electron chi connectivity index (χ1n) is 7.06. The Morgan fingerprint density at radius 2 is 2.15 bits per heavy atom. The van der Waals surface area contributed by atoms with Gasteiger partial charge in [0.15, 0.2) is 0 Å². The van der Waals surface area contributed by atoms with Gasteiger partial charge in [0.05, 0.1) is 11.5 Å². The van der Waals surface area contributed by atoms with Crippen LogP contribution in [0.5, 0.6) is 0 Å². The molecule has 1 aromatic rings. The van der Waals surface area contributed by atoms with Crippen LogP contribution in [0.25, 0.3) is 0 Å². The second kappa shape index (κ2) is 5.76. The summed E-state index contributed by atoms with van der Waals surface area (Å²) in [4.78, 5) is 13.9. The Kier molecular flexibility index (Phi) is 4.01. The standard InChI is InChI=1S/C15H20N2O2S/c16-10-15(5-7-19-8-6-15)14(18)17-12-9-20-13-4-2-1-3-11(12)13/h1-4,12H,5-10,16H2,(H,17,18). The Morgan fingerprint density at radius 1 is 1.40 bits per heavy atom. The number of nitrogens with one attached hydrogen (secondary N) is 1. The predicted octanol–water partition coefficient (Wildman–Crippen LogP) is 1.71. The highest BCUT2D eigenvalue weighted by molar-refractivity contribution is 7.99. The molecule has 0 radical (unpaired) electrons. The number of hydrogen-bond acceptors (Lipinski definition) is 4. The molecule has 2 aliphatic rings. The van der Waals surface area contributed by atoms with Gasteiger partial charge in [-0.25, -0.2) is 0 Å². The van der Waals surface area contributed by atoms with Crippen molar-refractivity contribution in [1.29, 1.82) is 0 Å². The van der Waals surface area contributed by atoms with Crippen LogP contribution in [-0.2, 0) is 9.53 Å². The molecule has 20 heavy (non-hydrogen) atoms. The van der Waals surface area contributed by atoms with E-state index in [9.17, 15) is 4.79 Å². The SMILES string of the molecule is NCC1(C(=O)NC2CSc3ccccc32)CCOCC1. The fraction of sp³-hybridized carbons (Fsp3) is 0.533. The Morgan fingerprint density at radius 3 is 2.90 bits per heavy atom. The molecule has 2 aliphatic heterocycles. The normalized spacial score (nSPS) is 24.1. The summed E-state index contributed by atoms with van der Waals surface area (Å²) in [6, 6.07) is 8.38. The molecular formula is C15H20N2O2S. The zero-order chi connectivity index (χ0) is 14.0. The Labute approximate surface area is 123 Å². The third-order valence-electron chi connectivity index (χ3n) is 4.33. The van der Waals surface area contributed by atoms with E-state index in [0.29, 0.717) is 19.8 Å². The van der Waals surface area contributed by atoms with Crippen molar-refractivity contribution >= 4 is 17.7 Å². The molecule has 0 aliphatic carbocycles. The van der Waals surface area contributed by atoms with E-state index in [1.54, 1.807) is 11.8 Å². The summed E-state index contributed by atoms with van der Waals surface area (Å²) in [5.74, 6) is 0.994. The van der Waals surface area contributed by atoms with Gasteiger partial charge >= 0.3 is 0 Å². The van der Waals surface area contributed by atoms with Crippen molar-refractivity contribution in [3.8, 4) is 0 Å². The molecule has 4 nitrogen and oxygen atoms in total. The maximum atomic E-state index is 12.7. The molecule has 5 heteroatoms. The maximum Gasteiger partial charge on any atom is 0.228 e. The summed E-state index contributed by atoms with van der Waals surface area (Å²) < 4.78 is 5.36. The number of nitrogens with two attached hydrogens (primary N) is 1. The summed E-state index contributed by atoms with van der Waals surface area (Å²) in [6.07, 6.45) is 1.44. The zero-order valence-corrected chi connectivity index (χ0v) is 12.2. The molecule has 1 fully saturated rings. The molecule has 1 amide bonds. The van der Waals surface area contributed by atoms with Gasteiger partial charge in [-0.3, -0.25) is 4.79 Å². The molecular weight excluding hydrogens is 272 g/mol. The molecule has 1 atom stereocenters. The van der Waals surface area contributed by atoms with Crippen molar-refractivity contribution in [3.05, 3.63) is 29.8 Å². The van der Waals surface area contributed by atoms with E-state index in [4.69, 9.17) is 10.5 Å². The van der Waals surface area contributed by atoms with Crippen molar-refractivity contribution < 1.29 is 9.53 Å². The molecule has 0 aromatic heterocycles. The highest BCUT2D eigenvalue weighted by atomic mass is 32.2. The molecule has 0 spiro atoms. The van der Waals surface area contributed by atoms with Gasteiger partial charge < -0.3 is 15.8 Å². The minimum Gasteiger partial charge on any atom is -0.381 e. The number of hydrogen-bond donors (Lipinski definition) is 2. The first-order chi connectivity index (χ1) is 9.75. The van der Waals surface area contributed by atoms with Crippen molar-refractivity contribution in [2.45, 2.75) is 23.8 Å². The molecule has 1 aromatic carbocycles. The van der Waals surface area contributed by atoms with Crippen LogP contribution in [0, 0.1) is 5.41 Å². The minimum atomic E-state index is -0.444. The molecule has 2 heterocycles. The van der Waals surface area contributed by atoms with Gasteiger partial charge in [0, 0.05) is 30.4 Å². The Bertz CT molecular complexity index is 500. The van der Waals surface area contributed by atoms with Crippen LogP contribution in [0.3, 0.4) is 0 Å². The second-order valence-electron chi connectivity index (χ2n) is 5.47. The lowest BCUT2D eigenvalue weighted by Crippen LogP contribution is -2.50. The predicted molar refractivity (Wildman–Crippen MR) is 79.6 cm³/mol. The van der Waals surface area contributed by atoms with E-state index >= 15 is 0 Å². The Balaban J connectivity index is 1.73. The lowest BCUT2D eigenvalue weighted by atomic mass is 9.79. The summed E-state index contributed by atoms with van der Waals surface area (Å²) in [7, 11) is 0. The molecule has 108 valence electrons. The topological polar surface area (TPSA) is 64.4 Å². The highest BCUT2D eigenvalue weighted by Crippen LogP contribution is 2.39. The summed E-state index contributed by atoms with van der Waals surface area (Å²) in [5, 5.41) is 3.20. The van der Waals surface area contributed by atoms with Gasteiger partial charge in [0.1, 0.15) is 0 Å². The monoisotopic (exact) mass is 292 g/mol. The molecule has 0 bridgehead atoms. The molecule has 0 saturated carbocycles. The van der Waals surface area contributed by atoms with Crippen molar-refractivity contribution in [2.75, 3.05) is 25.5 Å². The number of ether oxygens (including phenoxy) is 1. The largest absolute Gasteiger partial charge is 0.381 e. The minimum absolute atomic E-state index is 0.0885. The number of carbonyl (C=O) groups is 1. The van der Waals surface area contributed by atoms with E-state index in [2.05, 4.69) is 17.4 Å². The second-order valence-corrected chi connectivity index (χ2v) is 6.53. The maximum absolute atomic E-state index is 12.7. The van der Waals surface area contributed by atoms with Crippen LogP contribution in [-0.4, -0.2) is 31.4 Å². The molecule has 1 saturated heterocycles. The van der Waals surface area contributed by atoms with Crippen LogP contribution >= 0.6 is 11.8 Å². The number of carbonyl (C=O) groups excluding carboxylic acids is 1. The number of fused-ring (bicyclic) bond motifs is 1. The van der Waals surface area contributed by atoms with E-state index < -0.39 is 5.41 Å². The van der Waals surface area contributed by atoms with Crippen molar-refractivity contribution in [2.24, 2.45) is 11.1 Å². The van der Waals surface area contributed by atoms with Gasteiger partial charge in [-0.05, 0) is 24.5 Å². The number of benzene rings is 1. The van der Waals surface area contributed by atoms with E-state index in [1.807, 2.05) is 12.1 Å². The smallest absolute Gasteiger partial charge is 0.228 e. The van der Waals surface area contributed by atoms with Gasteiger partial charge in [-0.2, -0.15) is 0 Å². The van der Waals surface area contributed by atoms with Crippen LogP contribution in [0.2, 0.25) is 0 Å². The van der Waals surface area contributed by atoms with Crippen LogP contribution < -0.4 is 11.1 Å². The van der Waals surface area contributed by atoms with Crippen molar-refractivity contribution in [1.82, 2.24) is 5.32 Å². The van der Waals surface area contributed by atoms with Crippen molar-refractivity contribution in [3.63, 3.8) is 0 Å².